The molecule has 5 heteroatoms. The summed E-state index contributed by atoms with van der Waals surface area (Å²) in [6, 6.07) is 0.592. The maximum absolute atomic E-state index is 11.3. The third kappa shape index (κ3) is 3.39. The highest BCUT2D eigenvalue weighted by Crippen LogP contribution is 2.26. The van der Waals surface area contributed by atoms with Crippen molar-refractivity contribution in [3.05, 3.63) is 17.5 Å². The normalized spacial score (nSPS) is 16.4. The van der Waals surface area contributed by atoms with Gasteiger partial charge in [-0.05, 0) is 18.8 Å². The molecule has 1 aromatic heterocycles. The van der Waals surface area contributed by atoms with E-state index in [9.17, 15) is 9.90 Å². The van der Waals surface area contributed by atoms with Gasteiger partial charge in [0.25, 0.3) is 0 Å². The fraction of sp³-hybridized carbons (Fsp3) is 0.733. The zero-order chi connectivity index (χ0) is 14.7. The van der Waals surface area contributed by atoms with E-state index in [0.717, 1.165) is 12.2 Å². The summed E-state index contributed by atoms with van der Waals surface area (Å²) in [6.07, 6.45) is 6.49. The van der Waals surface area contributed by atoms with Crippen LogP contribution in [0.4, 0.5) is 0 Å². The lowest BCUT2D eigenvalue weighted by Crippen LogP contribution is -2.36. The first-order valence-electron chi connectivity index (χ1n) is 7.47. The van der Waals surface area contributed by atoms with E-state index < -0.39 is 5.97 Å². The van der Waals surface area contributed by atoms with Gasteiger partial charge in [-0.25, -0.2) is 4.79 Å². The van der Waals surface area contributed by atoms with Gasteiger partial charge in [0.15, 0.2) is 0 Å². The van der Waals surface area contributed by atoms with Gasteiger partial charge in [-0.1, -0.05) is 26.7 Å². The average Bonchev–Trinajstić information content (AvgIpc) is 2.98. The van der Waals surface area contributed by atoms with Gasteiger partial charge in [-0.2, -0.15) is 5.10 Å². The van der Waals surface area contributed by atoms with Crippen LogP contribution in [0.5, 0.6) is 0 Å². The van der Waals surface area contributed by atoms with Crippen LogP contribution in [0.15, 0.2) is 6.20 Å². The first kappa shape index (κ1) is 15.0. The summed E-state index contributed by atoms with van der Waals surface area (Å²) in [7, 11) is 1.82. The van der Waals surface area contributed by atoms with Crippen molar-refractivity contribution in [3.63, 3.8) is 0 Å². The molecule has 1 heterocycles. The predicted octanol–water partition coefficient (Wildman–Crippen LogP) is 2.52. The summed E-state index contributed by atoms with van der Waals surface area (Å²) in [5, 5.41) is 13.4. The van der Waals surface area contributed by atoms with Crippen LogP contribution in [0.3, 0.4) is 0 Å². The topological polar surface area (TPSA) is 58.4 Å². The van der Waals surface area contributed by atoms with E-state index in [-0.39, 0.29) is 0 Å². The molecule has 1 fully saturated rings. The lowest BCUT2D eigenvalue weighted by Gasteiger charge is -2.30. The average molecular weight is 279 g/mol. The van der Waals surface area contributed by atoms with Crippen LogP contribution in [0, 0.1) is 5.92 Å². The summed E-state index contributed by atoms with van der Waals surface area (Å²) in [5.41, 5.74) is 1.14. The van der Waals surface area contributed by atoms with Gasteiger partial charge in [-0.15, -0.1) is 0 Å². The number of aromatic nitrogens is 2. The lowest BCUT2D eigenvalue weighted by atomic mass is 10.1. The number of carboxylic acids is 1. The minimum Gasteiger partial charge on any atom is -0.478 e. The van der Waals surface area contributed by atoms with Crippen LogP contribution >= 0.6 is 0 Å². The Bertz CT molecular complexity index is 462. The standard InChI is InChI=1S/C15H25N3O2/c1-11(2)9-18(12-6-4-5-7-12)10-14-13(15(19)20)8-16-17(14)3/h8,11-12H,4-7,9-10H2,1-3H3,(H,19,20). The molecule has 0 spiro atoms. The van der Waals surface area contributed by atoms with Gasteiger partial charge in [0, 0.05) is 26.2 Å². The number of rotatable bonds is 6. The van der Waals surface area contributed by atoms with Crippen molar-refractivity contribution >= 4 is 5.97 Å². The summed E-state index contributed by atoms with van der Waals surface area (Å²) < 4.78 is 1.70. The van der Waals surface area contributed by atoms with Crippen molar-refractivity contribution in [3.8, 4) is 0 Å². The third-order valence-corrected chi connectivity index (χ3v) is 4.09. The Hall–Kier alpha value is -1.36. The minimum atomic E-state index is -0.885. The van der Waals surface area contributed by atoms with Crippen LogP contribution in [0.25, 0.3) is 0 Å². The minimum absolute atomic E-state index is 0.333. The number of hydrogen-bond donors (Lipinski definition) is 1. The number of aromatic carboxylic acids is 1. The zero-order valence-electron chi connectivity index (χ0n) is 12.7. The maximum Gasteiger partial charge on any atom is 0.339 e. The molecule has 0 aliphatic heterocycles. The molecule has 1 aromatic rings. The van der Waals surface area contributed by atoms with Crippen LogP contribution < -0.4 is 0 Å². The number of hydrogen-bond acceptors (Lipinski definition) is 3. The molecule has 1 saturated carbocycles. The summed E-state index contributed by atoms with van der Waals surface area (Å²) in [4.78, 5) is 13.7. The summed E-state index contributed by atoms with van der Waals surface area (Å²) in [5.74, 6) is -0.305. The molecule has 112 valence electrons. The van der Waals surface area contributed by atoms with Crippen LogP contribution in [-0.4, -0.2) is 38.3 Å². The lowest BCUT2D eigenvalue weighted by molar-refractivity contribution is 0.0692. The highest BCUT2D eigenvalue weighted by Gasteiger charge is 2.26. The Kier molecular flexibility index (Phi) is 4.81. The number of carboxylic acid groups (broad SMARTS) is 1. The largest absolute Gasteiger partial charge is 0.478 e. The molecule has 0 amide bonds. The van der Waals surface area contributed by atoms with Crippen LogP contribution in [0.1, 0.15) is 55.6 Å². The van der Waals surface area contributed by atoms with E-state index >= 15 is 0 Å². The number of nitrogens with zero attached hydrogens (tertiary/aromatic N) is 3. The van der Waals surface area contributed by atoms with E-state index in [1.54, 1.807) is 4.68 Å². The number of carbonyl (C=O) groups is 1. The van der Waals surface area contributed by atoms with Crippen molar-refractivity contribution in [2.45, 2.75) is 52.1 Å². The molecular weight excluding hydrogens is 254 g/mol. The van der Waals surface area contributed by atoms with Gasteiger partial charge in [0.05, 0.1) is 11.9 Å². The quantitative estimate of drug-likeness (QED) is 0.869. The molecule has 2 rings (SSSR count). The van der Waals surface area contributed by atoms with Crippen molar-refractivity contribution in [2.75, 3.05) is 6.54 Å². The van der Waals surface area contributed by atoms with E-state index in [1.807, 2.05) is 7.05 Å². The second kappa shape index (κ2) is 6.39. The zero-order valence-corrected chi connectivity index (χ0v) is 12.7. The summed E-state index contributed by atoms with van der Waals surface area (Å²) in [6.45, 7) is 6.11. The van der Waals surface area contributed by atoms with Gasteiger partial charge >= 0.3 is 5.97 Å². The molecule has 0 saturated heterocycles. The molecule has 0 radical (unpaired) electrons. The molecule has 0 atom stereocenters. The van der Waals surface area contributed by atoms with E-state index in [0.29, 0.717) is 24.1 Å². The Balaban J connectivity index is 2.18. The van der Waals surface area contributed by atoms with Gasteiger partial charge in [0.2, 0.25) is 0 Å². The van der Waals surface area contributed by atoms with Crippen molar-refractivity contribution in [1.29, 1.82) is 0 Å². The Labute approximate surface area is 120 Å². The molecule has 0 bridgehead atoms. The van der Waals surface area contributed by atoms with Crippen molar-refractivity contribution in [1.82, 2.24) is 14.7 Å². The molecular formula is C15H25N3O2. The second-order valence-electron chi connectivity index (χ2n) is 6.20. The molecule has 1 aliphatic carbocycles. The molecule has 1 N–H and O–H groups in total. The molecule has 0 aromatic carbocycles. The molecule has 0 unspecified atom stereocenters. The maximum atomic E-state index is 11.3. The van der Waals surface area contributed by atoms with Crippen LogP contribution in [0.2, 0.25) is 0 Å². The van der Waals surface area contributed by atoms with Gasteiger partial charge < -0.3 is 5.11 Å². The first-order valence-corrected chi connectivity index (χ1v) is 7.47. The molecule has 20 heavy (non-hydrogen) atoms. The fourth-order valence-electron chi connectivity index (χ4n) is 3.10. The highest BCUT2D eigenvalue weighted by molar-refractivity contribution is 5.88. The van der Waals surface area contributed by atoms with E-state index in [1.165, 1.54) is 31.9 Å². The van der Waals surface area contributed by atoms with Crippen molar-refractivity contribution in [2.24, 2.45) is 13.0 Å². The third-order valence-electron chi connectivity index (χ3n) is 4.09. The van der Waals surface area contributed by atoms with E-state index in [4.69, 9.17) is 0 Å². The van der Waals surface area contributed by atoms with Gasteiger partial charge in [0.1, 0.15) is 5.56 Å². The van der Waals surface area contributed by atoms with E-state index in [2.05, 4.69) is 23.8 Å². The monoisotopic (exact) mass is 279 g/mol. The Morgan fingerprint density at radius 2 is 2.15 bits per heavy atom. The van der Waals surface area contributed by atoms with Crippen LogP contribution in [-0.2, 0) is 13.6 Å². The predicted molar refractivity (Wildman–Crippen MR) is 77.7 cm³/mol. The Morgan fingerprint density at radius 3 is 2.70 bits per heavy atom. The molecule has 5 nitrogen and oxygen atoms in total. The molecule has 1 aliphatic rings. The number of aryl methyl sites for hydroxylation is 1. The second-order valence-corrected chi connectivity index (χ2v) is 6.20. The highest BCUT2D eigenvalue weighted by atomic mass is 16.4. The Morgan fingerprint density at radius 1 is 1.50 bits per heavy atom. The first-order chi connectivity index (χ1) is 9.49. The fourth-order valence-corrected chi connectivity index (χ4v) is 3.10. The van der Waals surface area contributed by atoms with Gasteiger partial charge in [-0.3, -0.25) is 9.58 Å². The van der Waals surface area contributed by atoms with Crippen molar-refractivity contribution < 1.29 is 9.90 Å². The summed E-state index contributed by atoms with van der Waals surface area (Å²) >= 11 is 0. The smallest absolute Gasteiger partial charge is 0.339 e. The SMILES string of the molecule is CC(C)CN(Cc1c(C(=O)O)cnn1C)C1CCCC1.